The molecular weight excluding hydrogens is 467 g/mol. The summed E-state index contributed by atoms with van der Waals surface area (Å²) >= 11 is 12.7. The van der Waals surface area contributed by atoms with Gasteiger partial charge in [0.1, 0.15) is 6.04 Å². The fraction of sp³-hybridized carbons (Fsp3) is 0.286. The summed E-state index contributed by atoms with van der Waals surface area (Å²) in [6, 6.07) is 23.9. The summed E-state index contributed by atoms with van der Waals surface area (Å²) in [7, 11) is 0. The van der Waals surface area contributed by atoms with Crippen molar-refractivity contribution in [1.29, 1.82) is 0 Å². The number of nitrogens with zero attached hydrogens (tertiary/aromatic N) is 1. The predicted molar refractivity (Wildman–Crippen MR) is 139 cm³/mol. The lowest BCUT2D eigenvalue weighted by atomic mass is 10.0. The van der Waals surface area contributed by atoms with Crippen LogP contribution < -0.4 is 5.32 Å². The molecule has 2 amide bonds. The molecule has 0 unspecified atom stereocenters. The zero-order valence-electron chi connectivity index (χ0n) is 19.5. The number of aryl methyl sites for hydroxylation is 1. The van der Waals surface area contributed by atoms with Gasteiger partial charge < -0.3 is 10.2 Å². The molecule has 0 aliphatic rings. The van der Waals surface area contributed by atoms with Crippen molar-refractivity contribution in [3.8, 4) is 0 Å². The number of hydrogen-bond acceptors (Lipinski definition) is 2. The van der Waals surface area contributed by atoms with E-state index in [4.69, 9.17) is 23.2 Å². The van der Waals surface area contributed by atoms with Gasteiger partial charge in [0, 0.05) is 35.5 Å². The molecule has 6 heteroatoms. The highest BCUT2D eigenvalue weighted by Gasteiger charge is 2.31. The van der Waals surface area contributed by atoms with Gasteiger partial charge in [0.2, 0.25) is 11.8 Å². The Labute approximate surface area is 211 Å². The zero-order chi connectivity index (χ0) is 24.5. The number of halogens is 2. The van der Waals surface area contributed by atoms with E-state index in [1.807, 2.05) is 86.6 Å². The molecule has 3 aromatic carbocycles. The van der Waals surface area contributed by atoms with Crippen LogP contribution in [0, 0.1) is 0 Å². The topological polar surface area (TPSA) is 49.4 Å². The molecule has 0 radical (unpaired) electrons. The van der Waals surface area contributed by atoms with Crippen molar-refractivity contribution in [1.82, 2.24) is 10.2 Å². The second-order valence-corrected chi connectivity index (χ2v) is 9.39. The lowest BCUT2D eigenvalue weighted by molar-refractivity contribution is -0.141. The summed E-state index contributed by atoms with van der Waals surface area (Å²) in [5.74, 6) is -0.309. The van der Waals surface area contributed by atoms with Gasteiger partial charge in [-0.2, -0.15) is 0 Å². The van der Waals surface area contributed by atoms with Crippen LogP contribution in [0.2, 0.25) is 10.0 Å². The van der Waals surface area contributed by atoms with Gasteiger partial charge in [-0.3, -0.25) is 9.59 Å². The van der Waals surface area contributed by atoms with E-state index in [1.54, 1.807) is 11.0 Å². The Morgan fingerprint density at radius 3 is 1.97 bits per heavy atom. The maximum atomic E-state index is 13.6. The van der Waals surface area contributed by atoms with Crippen molar-refractivity contribution >= 4 is 35.0 Å². The van der Waals surface area contributed by atoms with E-state index in [1.165, 1.54) is 0 Å². The van der Waals surface area contributed by atoms with Crippen molar-refractivity contribution in [2.45, 2.75) is 51.7 Å². The molecule has 34 heavy (non-hydrogen) atoms. The molecule has 0 spiro atoms. The summed E-state index contributed by atoms with van der Waals surface area (Å²) in [6.07, 6.45) is 1.12. The Kier molecular flexibility index (Phi) is 9.55. The highest BCUT2D eigenvalue weighted by molar-refractivity contribution is 6.31. The van der Waals surface area contributed by atoms with Gasteiger partial charge in [0.25, 0.3) is 0 Å². The molecule has 178 valence electrons. The van der Waals surface area contributed by atoms with E-state index in [2.05, 4.69) is 5.32 Å². The number of benzene rings is 3. The Bertz CT molecular complexity index is 1100. The third kappa shape index (κ3) is 7.34. The van der Waals surface area contributed by atoms with E-state index < -0.39 is 6.04 Å². The number of carbonyl (C=O) groups excluding carboxylic acids is 2. The number of hydrogen-bond donors (Lipinski definition) is 1. The van der Waals surface area contributed by atoms with Crippen LogP contribution in [0.4, 0.5) is 0 Å². The Hall–Kier alpha value is -2.82. The second kappa shape index (κ2) is 12.6. The van der Waals surface area contributed by atoms with E-state index in [0.29, 0.717) is 22.9 Å². The molecule has 0 saturated heterocycles. The standard InChI is InChI=1S/C28H30Cl2N2O2/c1-20(2)31-28(34)26(18-21-10-4-3-5-11-21)32(19-23-13-7-9-15-25(23)30)27(33)17-16-22-12-6-8-14-24(22)29/h3-15,20,26H,16-19H2,1-2H3,(H,31,34)/t26-/m0/s1. The Morgan fingerprint density at radius 1 is 0.824 bits per heavy atom. The normalized spacial score (nSPS) is 11.8. The molecule has 0 saturated carbocycles. The van der Waals surface area contributed by atoms with Gasteiger partial charge in [0.05, 0.1) is 0 Å². The summed E-state index contributed by atoms with van der Waals surface area (Å²) in [4.78, 5) is 28.6. The fourth-order valence-corrected chi connectivity index (χ4v) is 4.26. The van der Waals surface area contributed by atoms with Crippen LogP contribution in [-0.2, 0) is 29.0 Å². The molecule has 4 nitrogen and oxygen atoms in total. The second-order valence-electron chi connectivity index (χ2n) is 8.57. The van der Waals surface area contributed by atoms with Crippen LogP contribution in [-0.4, -0.2) is 28.8 Å². The largest absolute Gasteiger partial charge is 0.352 e. The minimum absolute atomic E-state index is 0.0498. The van der Waals surface area contributed by atoms with Gasteiger partial charge in [0.15, 0.2) is 0 Å². The first-order chi connectivity index (χ1) is 16.3. The minimum atomic E-state index is -0.681. The highest BCUT2D eigenvalue weighted by Crippen LogP contribution is 2.23. The monoisotopic (exact) mass is 496 g/mol. The van der Waals surface area contributed by atoms with Crippen molar-refractivity contribution in [2.24, 2.45) is 0 Å². The van der Waals surface area contributed by atoms with Gasteiger partial charge in [-0.15, -0.1) is 0 Å². The summed E-state index contributed by atoms with van der Waals surface area (Å²) < 4.78 is 0. The maximum absolute atomic E-state index is 13.6. The fourth-order valence-electron chi connectivity index (χ4n) is 3.83. The van der Waals surface area contributed by atoms with Crippen LogP contribution in [0.1, 0.15) is 37.0 Å². The van der Waals surface area contributed by atoms with Crippen LogP contribution in [0.15, 0.2) is 78.9 Å². The Morgan fingerprint density at radius 2 is 1.38 bits per heavy atom. The van der Waals surface area contributed by atoms with Gasteiger partial charge >= 0.3 is 0 Å². The minimum Gasteiger partial charge on any atom is -0.352 e. The van der Waals surface area contributed by atoms with E-state index in [0.717, 1.165) is 16.7 Å². The molecule has 1 atom stereocenters. The molecule has 3 rings (SSSR count). The van der Waals surface area contributed by atoms with Crippen molar-refractivity contribution in [3.63, 3.8) is 0 Å². The average molecular weight is 497 g/mol. The Balaban J connectivity index is 1.93. The van der Waals surface area contributed by atoms with Crippen LogP contribution in [0.5, 0.6) is 0 Å². The zero-order valence-corrected chi connectivity index (χ0v) is 21.0. The smallest absolute Gasteiger partial charge is 0.243 e. The van der Waals surface area contributed by atoms with E-state index in [-0.39, 0.29) is 30.8 Å². The van der Waals surface area contributed by atoms with E-state index in [9.17, 15) is 9.59 Å². The molecule has 1 N–H and O–H groups in total. The van der Waals surface area contributed by atoms with Crippen molar-refractivity contribution < 1.29 is 9.59 Å². The highest BCUT2D eigenvalue weighted by atomic mass is 35.5. The lowest BCUT2D eigenvalue weighted by Crippen LogP contribution is -2.51. The van der Waals surface area contributed by atoms with Crippen molar-refractivity contribution in [3.05, 3.63) is 106 Å². The molecule has 0 aliphatic heterocycles. The first-order valence-electron chi connectivity index (χ1n) is 11.5. The quantitative estimate of drug-likeness (QED) is 0.369. The van der Waals surface area contributed by atoms with Crippen LogP contribution in [0.3, 0.4) is 0 Å². The third-order valence-corrected chi connectivity index (χ3v) is 6.30. The summed E-state index contributed by atoms with van der Waals surface area (Å²) in [5.41, 5.74) is 2.68. The van der Waals surface area contributed by atoms with E-state index >= 15 is 0 Å². The number of carbonyl (C=O) groups is 2. The molecule has 0 fully saturated rings. The lowest BCUT2D eigenvalue weighted by Gasteiger charge is -2.32. The first kappa shape index (κ1) is 25.8. The summed E-state index contributed by atoms with van der Waals surface area (Å²) in [6.45, 7) is 4.06. The number of rotatable bonds is 10. The SMILES string of the molecule is CC(C)NC(=O)[C@H](Cc1ccccc1)N(Cc1ccccc1Cl)C(=O)CCc1ccccc1Cl. The van der Waals surface area contributed by atoms with Crippen LogP contribution in [0.25, 0.3) is 0 Å². The average Bonchev–Trinajstić information content (AvgIpc) is 2.82. The van der Waals surface area contributed by atoms with Crippen LogP contribution >= 0.6 is 23.2 Å². The number of nitrogens with one attached hydrogen (secondary N) is 1. The predicted octanol–water partition coefficient (Wildman–Crippen LogP) is 6.09. The van der Waals surface area contributed by atoms with Gasteiger partial charge in [-0.1, -0.05) is 89.9 Å². The molecule has 3 aromatic rings. The maximum Gasteiger partial charge on any atom is 0.243 e. The van der Waals surface area contributed by atoms with Gasteiger partial charge in [-0.25, -0.2) is 0 Å². The third-order valence-electron chi connectivity index (χ3n) is 5.57. The summed E-state index contributed by atoms with van der Waals surface area (Å²) in [5, 5.41) is 4.19. The first-order valence-corrected chi connectivity index (χ1v) is 12.2. The number of amides is 2. The molecule has 0 heterocycles. The molecule has 0 bridgehead atoms. The van der Waals surface area contributed by atoms with Crippen molar-refractivity contribution in [2.75, 3.05) is 0 Å². The molecule has 0 aliphatic carbocycles. The molecule has 0 aromatic heterocycles. The molecular formula is C28H30Cl2N2O2. The van der Waals surface area contributed by atoms with Gasteiger partial charge in [-0.05, 0) is 49.1 Å².